The molecule has 2 aromatic rings. The Morgan fingerprint density at radius 2 is 2.39 bits per heavy atom. The van der Waals surface area contributed by atoms with Crippen molar-refractivity contribution < 1.29 is 4.79 Å². The molecule has 5 nitrogen and oxygen atoms in total. The second-order valence-corrected chi connectivity index (χ2v) is 7.10. The molecule has 1 aliphatic heterocycles. The summed E-state index contributed by atoms with van der Waals surface area (Å²) in [6, 6.07) is 7.95. The first-order chi connectivity index (χ1) is 11.1. The monoisotopic (exact) mass is 330 g/mol. The molecule has 0 saturated carbocycles. The minimum Gasteiger partial charge on any atom is -0.370 e. The largest absolute Gasteiger partial charge is 0.370 e. The van der Waals surface area contributed by atoms with Gasteiger partial charge in [0, 0.05) is 35.6 Å². The molecule has 0 spiro atoms. The van der Waals surface area contributed by atoms with Crippen molar-refractivity contribution in [1.29, 1.82) is 0 Å². The van der Waals surface area contributed by atoms with Crippen LogP contribution in [0.25, 0.3) is 0 Å². The van der Waals surface area contributed by atoms with Crippen molar-refractivity contribution in [1.82, 2.24) is 9.88 Å². The van der Waals surface area contributed by atoms with E-state index >= 15 is 0 Å². The molecule has 2 aromatic heterocycles. The molecule has 6 heteroatoms. The minimum atomic E-state index is -0.346. The predicted octanol–water partition coefficient (Wildman–Crippen LogP) is 2.48. The summed E-state index contributed by atoms with van der Waals surface area (Å²) in [6.07, 6.45) is 1.19. The summed E-state index contributed by atoms with van der Waals surface area (Å²) in [4.78, 5) is 19.3. The van der Waals surface area contributed by atoms with Gasteiger partial charge in [0.25, 0.3) is 0 Å². The Kier molecular flexibility index (Phi) is 4.93. The minimum absolute atomic E-state index is 0.346. The number of aryl methyl sites for hydroxylation is 1. The molecule has 0 aromatic carbocycles. The summed E-state index contributed by atoms with van der Waals surface area (Å²) in [5.74, 6) is 1.24. The lowest BCUT2D eigenvalue weighted by molar-refractivity contribution is 0.100. The van der Waals surface area contributed by atoms with Crippen LogP contribution in [0.3, 0.4) is 0 Å². The van der Waals surface area contributed by atoms with E-state index in [1.807, 2.05) is 36.6 Å². The average molecular weight is 330 g/mol. The third-order valence-electron chi connectivity index (χ3n) is 4.15. The number of thiophene rings is 1. The van der Waals surface area contributed by atoms with Crippen LogP contribution < -0.4 is 11.1 Å². The number of hydrogen-bond donors (Lipinski definition) is 2. The first-order valence-corrected chi connectivity index (χ1v) is 8.75. The molecule has 23 heavy (non-hydrogen) atoms. The standard InChI is InChI=1S/C17H22N4OS/c1-12-3-2-4-16(20-12)19-8-13-5-6-21(9-13)10-15-7-14(11-23-15)17(18)22/h2-4,7,11,13H,5-6,8-10H2,1H3,(H2,18,22)(H,19,20)/t13-/m1/s1. The highest BCUT2D eigenvalue weighted by molar-refractivity contribution is 7.10. The molecule has 0 bridgehead atoms. The molecule has 3 rings (SSSR count). The highest BCUT2D eigenvalue weighted by atomic mass is 32.1. The number of nitrogens with two attached hydrogens (primary N) is 1. The molecular formula is C17H22N4OS. The van der Waals surface area contributed by atoms with Crippen LogP contribution in [0.5, 0.6) is 0 Å². The number of aromatic nitrogens is 1. The topological polar surface area (TPSA) is 71.2 Å². The number of nitrogens with one attached hydrogen (secondary N) is 1. The van der Waals surface area contributed by atoms with Gasteiger partial charge in [0.1, 0.15) is 5.82 Å². The number of pyridine rings is 1. The van der Waals surface area contributed by atoms with E-state index in [2.05, 4.69) is 15.2 Å². The number of likely N-dealkylation sites (tertiary alicyclic amines) is 1. The van der Waals surface area contributed by atoms with Crippen LogP contribution in [-0.4, -0.2) is 35.4 Å². The zero-order chi connectivity index (χ0) is 16.2. The Bertz CT molecular complexity index is 685. The number of carbonyl (C=O) groups is 1. The Morgan fingerprint density at radius 1 is 1.52 bits per heavy atom. The molecule has 1 atom stereocenters. The van der Waals surface area contributed by atoms with Gasteiger partial charge >= 0.3 is 0 Å². The number of amides is 1. The fourth-order valence-corrected chi connectivity index (χ4v) is 3.84. The van der Waals surface area contributed by atoms with Crippen LogP contribution in [0.4, 0.5) is 5.82 Å². The van der Waals surface area contributed by atoms with Crippen LogP contribution in [0, 0.1) is 12.8 Å². The average Bonchev–Trinajstić information content (AvgIpc) is 3.15. The van der Waals surface area contributed by atoms with E-state index in [4.69, 9.17) is 5.73 Å². The zero-order valence-corrected chi connectivity index (χ0v) is 14.1. The van der Waals surface area contributed by atoms with Crippen LogP contribution in [-0.2, 0) is 6.54 Å². The predicted molar refractivity (Wildman–Crippen MR) is 93.7 cm³/mol. The Hall–Kier alpha value is -1.92. The summed E-state index contributed by atoms with van der Waals surface area (Å²) >= 11 is 1.61. The maximum atomic E-state index is 11.1. The van der Waals surface area contributed by atoms with Gasteiger partial charge in [-0.2, -0.15) is 0 Å². The van der Waals surface area contributed by atoms with E-state index in [1.54, 1.807) is 11.3 Å². The summed E-state index contributed by atoms with van der Waals surface area (Å²) in [7, 11) is 0. The fourth-order valence-electron chi connectivity index (χ4n) is 2.93. The van der Waals surface area contributed by atoms with Crippen molar-refractivity contribution >= 4 is 23.1 Å². The number of hydrogen-bond acceptors (Lipinski definition) is 5. The fraction of sp³-hybridized carbons (Fsp3) is 0.412. The molecule has 1 amide bonds. The van der Waals surface area contributed by atoms with Gasteiger partial charge in [-0.15, -0.1) is 11.3 Å². The van der Waals surface area contributed by atoms with Gasteiger partial charge in [-0.25, -0.2) is 4.98 Å². The second kappa shape index (κ2) is 7.10. The maximum absolute atomic E-state index is 11.1. The lowest BCUT2D eigenvalue weighted by atomic mass is 10.1. The zero-order valence-electron chi connectivity index (χ0n) is 13.3. The van der Waals surface area contributed by atoms with E-state index < -0.39 is 0 Å². The lowest BCUT2D eigenvalue weighted by Gasteiger charge is -2.15. The third-order valence-corrected chi connectivity index (χ3v) is 5.07. The first kappa shape index (κ1) is 16.0. The van der Waals surface area contributed by atoms with Crippen LogP contribution >= 0.6 is 11.3 Å². The van der Waals surface area contributed by atoms with Gasteiger partial charge in [0.05, 0.1) is 5.56 Å². The summed E-state index contributed by atoms with van der Waals surface area (Å²) in [5, 5.41) is 5.28. The third kappa shape index (κ3) is 4.30. The van der Waals surface area contributed by atoms with Gasteiger partial charge in [-0.1, -0.05) is 6.07 Å². The van der Waals surface area contributed by atoms with Crippen molar-refractivity contribution in [3.8, 4) is 0 Å². The quantitative estimate of drug-likeness (QED) is 0.853. The molecular weight excluding hydrogens is 308 g/mol. The molecule has 1 saturated heterocycles. The van der Waals surface area contributed by atoms with E-state index in [1.165, 1.54) is 11.3 Å². The van der Waals surface area contributed by atoms with Crippen molar-refractivity contribution in [3.05, 3.63) is 45.8 Å². The van der Waals surface area contributed by atoms with Gasteiger partial charge in [0.15, 0.2) is 0 Å². The van der Waals surface area contributed by atoms with Crippen LogP contribution in [0.15, 0.2) is 29.6 Å². The van der Waals surface area contributed by atoms with Crippen LogP contribution in [0.1, 0.15) is 27.3 Å². The van der Waals surface area contributed by atoms with E-state index in [-0.39, 0.29) is 5.91 Å². The first-order valence-electron chi connectivity index (χ1n) is 7.87. The maximum Gasteiger partial charge on any atom is 0.249 e. The number of anilines is 1. The van der Waals surface area contributed by atoms with Gasteiger partial charge in [-0.3, -0.25) is 9.69 Å². The van der Waals surface area contributed by atoms with Crippen molar-refractivity contribution in [3.63, 3.8) is 0 Å². The summed E-state index contributed by atoms with van der Waals surface area (Å²) in [6.45, 7) is 6.02. The number of primary amides is 1. The highest BCUT2D eigenvalue weighted by Crippen LogP contribution is 2.22. The molecule has 1 aliphatic rings. The van der Waals surface area contributed by atoms with E-state index in [9.17, 15) is 4.79 Å². The molecule has 0 unspecified atom stereocenters. The van der Waals surface area contributed by atoms with E-state index in [0.717, 1.165) is 37.7 Å². The van der Waals surface area contributed by atoms with Crippen LogP contribution in [0.2, 0.25) is 0 Å². The second-order valence-electron chi connectivity index (χ2n) is 6.10. The summed E-state index contributed by atoms with van der Waals surface area (Å²) < 4.78 is 0. The van der Waals surface area contributed by atoms with Crippen molar-refractivity contribution in [2.45, 2.75) is 19.9 Å². The SMILES string of the molecule is Cc1cccc(NC[C@H]2CCN(Cc3cc(C(N)=O)cs3)C2)n1. The Labute approximate surface area is 140 Å². The molecule has 3 N–H and O–H groups in total. The van der Waals surface area contributed by atoms with Gasteiger partial charge in [0.2, 0.25) is 5.91 Å². The van der Waals surface area contributed by atoms with E-state index in [0.29, 0.717) is 11.5 Å². The highest BCUT2D eigenvalue weighted by Gasteiger charge is 2.23. The Morgan fingerprint density at radius 3 is 3.13 bits per heavy atom. The molecule has 122 valence electrons. The number of nitrogens with zero attached hydrogens (tertiary/aromatic N) is 2. The molecule has 3 heterocycles. The molecule has 0 aliphatic carbocycles. The number of carbonyl (C=O) groups excluding carboxylic acids is 1. The van der Waals surface area contributed by atoms with Crippen molar-refractivity contribution in [2.75, 3.05) is 25.0 Å². The number of rotatable bonds is 6. The molecule has 1 fully saturated rings. The molecule has 0 radical (unpaired) electrons. The smallest absolute Gasteiger partial charge is 0.249 e. The summed E-state index contributed by atoms with van der Waals surface area (Å²) in [5.41, 5.74) is 6.95. The van der Waals surface area contributed by atoms with Gasteiger partial charge < -0.3 is 11.1 Å². The normalized spacial score (nSPS) is 18.2. The van der Waals surface area contributed by atoms with Gasteiger partial charge in [-0.05, 0) is 44.0 Å². The lowest BCUT2D eigenvalue weighted by Crippen LogP contribution is -2.22. The Balaban J connectivity index is 1.47. The van der Waals surface area contributed by atoms with Crippen molar-refractivity contribution in [2.24, 2.45) is 11.7 Å².